The number of benzene rings is 1. The van der Waals surface area contributed by atoms with Crippen LogP contribution in [0.3, 0.4) is 0 Å². The highest BCUT2D eigenvalue weighted by molar-refractivity contribution is 14.0. The Hall–Kier alpha value is -1.09. The van der Waals surface area contributed by atoms with E-state index in [1.165, 1.54) is 5.56 Å². The Morgan fingerprint density at radius 2 is 2.05 bits per heavy atom. The van der Waals surface area contributed by atoms with Crippen LogP contribution in [0, 0.1) is 0 Å². The van der Waals surface area contributed by atoms with E-state index in [1.54, 1.807) is 13.3 Å². The van der Waals surface area contributed by atoms with Gasteiger partial charge in [-0.25, -0.2) is 0 Å². The number of aliphatic imine (C=N–C) groups is 1. The van der Waals surface area contributed by atoms with Crippen LogP contribution in [0.15, 0.2) is 50.6 Å². The Labute approximate surface area is 149 Å². The maximum atomic E-state index is 4.83. The summed E-state index contributed by atoms with van der Waals surface area (Å²) in [4.78, 5) is 6.26. The van der Waals surface area contributed by atoms with Gasteiger partial charge < -0.3 is 14.7 Å². The summed E-state index contributed by atoms with van der Waals surface area (Å²) in [5.41, 5.74) is 2.07. The van der Waals surface area contributed by atoms with Crippen molar-refractivity contribution < 1.29 is 4.52 Å². The van der Waals surface area contributed by atoms with Gasteiger partial charge in [-0.2, -0.15) is 0 Å². The number of guanidine groups is 1. The van der Waals surface area contributed by atoms with Gasteiger partial charge in [0, 0.05) is 31.2 Å². The van der Waals surface area contributed by atoms with Gasteiger partial charge in [0.05, 0.1) is 6.54 Å². The minimum absolute atomic E-state index is 0. The first-order chi connectivity index (χ1) is 9.69. The molecular weight excluding hydrogens is 447 g/mol. The van der Waals surface area contributed by atoms with E-state index in [2.05, 4.69) is 43.5 Å². The summed E-state index contributed by atoms with van der Waals surface area (Å²) >= 11 is 3.43. The number of nitrogens with one attached hydrogen (secondary N) is 1. The molecule has 0 aliphatic heterocycles. The second kappa shape index (κ2) is 9.04. The number of hydrogen-bond donors (Lipinski definition) is 1. The van der Waals surface area contributed by atoms with E-state index in [0.29, 0.717) is 6.54 Å². The Bertz CT molecular complexity index is 557. The Kier molecular flexibility index (Phi) is 7.73. The molecule has 0 radical (unpaired) electrons. The molecule has 1 aromatic carbocycles. The molecule has 0 aliphatic rings. The number of aromatic nitrogens is 1. The Morgan fingerprint density at radius 3 is 2.62 bits per heavy atom. The molecule has 0 atom stereocenters. The van der Waals surface area contributed by atoms with Gasteiger partial charge in [0.15, 0.2) is 5.96 Å². The fourth-order valence-corrected chi connectivity index (χ4v) is 2.07. The normalized spacial score (nSPS) is 10.9. The zero-order valence-electron chi connectivity index (χ0n) is 11.9. The summed E-state index contributed by atoms with van der Waals surface area (Å²) in [5, 5.41) is 7.22. The van der Waals surface area contributed by atoms with E-state index in [0.717, 1.165) is 22.7 Å². The monoisotopic (exact) mass is 464 g/mol. The number of hydrogen-bond acceptors (Lipinski definition) is 3. The van der Waals surface area contributed by atoms with E-state index in [-0.39, 0.29) is 24.0 Å². The topological polar surface area (TPSA) is 53.7 Å². The summed E-state index contributed by atoms with van der Waals surface area (Å²) in [6.07, 6.45) is 1.57. The van der Waals surface area contributed by atoms with Crippen LogP contribution < -0.4 is 5.32 Å². The van der Waals surface area contributed by atoms with Crippen LogP contribution in [0.4, 0.5) is 0 Å². The molecule has 7 heteroatoms. The lowest BCUT2D eigenvalue weighted by atomic mass is 10.2. The smallest absolute Gasteiger partial charge is 0.194 e. The van der Waals surface area contributed by atoms with Gasteiger partial charge in [0.25, 0.3) is 0 Å². The van der Waals surface area contributed by atoms with Crippen molar-refractivity contribution in [2.24, 2.45) is 4.99 Å². The van der Waals surface area contributed by atoms with Gasteiger partial charge in [-0.05, 0) is 17.7 Å². The molecule has 0 amide bonds. The highest BCUT2D eigenvalue weighted by Gasteiger charge is 2.08. The maximum absolute atomic E-state index is 4.83. The fraction of sp³-hybridized carbons (Fsp3) is 0.286. The molecule has 0 aliphatic carbocycles. The molecule has 1 N–H and O–H groups in total. The average molecular weight is 465 g/mol. The van der Waals surface area contributed by atoms with Crippen molar-refractivity contribution in [2.45, 2.75) is 13.1 Å². The third-order valence-corrected chi connectivity index (χ3v) is 3.36. The van der Waals surface area contributed by atoms with E-state index in [4.69, 9.17) is 4.52 Å². The lowest BCUT2D eigenvalue weighted by Crippen LogP contribution is -2.38. The molecule has 0 fully saturated rings. The van der Waals surface area contributed by atoms with Crippen molar-refractivity contribution in [2.75, 3.05) is 14.1 Å². The quantitative estimate of drug-likeness (QED) is 0.428. The summed E-state index contributed by atoms with van der Waals surface area (Å²) in [6, 6.07) is 10.0. The summed E-state index contributed by atoms with van der Waals surface area (Å²) in [7, 11) is 3.73. The standard InChI is InChI=1S/C14H17BrN4O.HI/c1-16-14(19(2)10-13-7-8-20-18-13)17-9-11-3-5-12(15)6-4-11;/h3-8H,9-10H2,1-2H3,(H,16,17);1H. The van der Waals surface area contributed by atoms with Crippen molar-refractivity contribution in [3.05, 3.63) is 52.3 Å². The van der Waals surface area contributed by atoms with Crippen LogP contribution in [0.5, 0.6) is 0 Å². The molecular formula is C14H18BrIN4O. The van der Waals surface area contributed by atoms with E-state index in [1.807, 2.05) is 30.1 Å². The lowest BCUT2D eigenvalue weighted by molar-refractivity contribution is 0.391. The third-order valence-electron chi connectivity index (χ3n) is 2.83. The van der Waals surface area contributed by atoms with Crippen molar-refractivity contribution in [3.8, 4) is 0 Å². The van der Waals surface area contributed by atoms with Crippen LogP contribution >= 0.6 is 39.9 Å². The number of halogens is 2. The summed E-state index contributed by atoms with van der Waals surface area (Å²) in [6.45, 7) is 1.37. The Morgan fingerprint density at radius 1 is 1.33 bits per heavy atom. The van der Waals surface area contributed by atoms with Crippen LogP contribution in [-0.4, -0.2) is 30.1 Å². The highest BCUT2D eigenvalue weighted by Crippen LogP contribution is 2.10. The molecule has 0 bridgehead atoms. The zero-order valence-corrected chi connectivity index (χ0v) is 15.8. The molecule has 1 heterocycles. The molecule has 2 aromatic rings. The van der Waals surface area contributed by atoms with Gasteiger partial charge in [0.1, 0.15) is 12.0 Å². The molecule has 2 rings (SSSR count). The molecule has 0 saturated heterocycles. The van der Waals surface area contributed by atoms with E-state index < -0.39 is 0 Å². The Balaban J connectivity index is 0.00000220. The van der Waals surface area contributed by atoms with Crippen molar-refractivity contribution in [1.29, 1.82) is 0 Å². The van der Waals surface area contributed by atoms with Crippen molar-refractivity contribution >= 4 is 45.9 Å². The lowest BCUT2D eigenvalue weighted by Gasteiger charge is -2.21. The van der Waals surface area contributed by atoms with Crippen LogP contribution in [0.25, 0.3) is 0 Å². The van der Waals surface area contributed by atoms with Gasteiger partial charge in [-0.1, -0.05) is 33.2 Å². The van der Waals surface area contributed by atoms with Crippen molar-refractivity contribution in [1.82, 2.24) is 15.4 Å². The van der Waals surface area contributed by atoms with Crippen LogP contribution in [0.1, 0.15) is 11.3 Å². The van der Waals surface area contributed by atoms with Gasteiger partial charge in [0.2, 0.25) is 0 Å². The molecule has 21 heavy (non-hydrogen) atoms. The minimum atomic E-state index is 0. The van der Waals surface area contributed by atoms with Crippen LogP contribution in [-0.2, 0) is 13.1 Å². The molecule has 0 spiro atoms. The first-order valence-corrected chi connectivity index (χ1v) is 7.04. The van der Waals surface area contributed by atoms with Crippen molar-refractivity contribution in [3.63, 3.8) is 0 Å². The summed E-state index contributed by atoms with van der Waals surface area (Å²) < 4.78 is 5.91. The average Bonchev–Trinajstić information content (AvgIpc) is 2.94. The first-order valence-electron chi connectivity index (χ1n) is 6.24. The predicted molar refractivity (Wildman–Crippen MR) is 97.7 cm³/mol. The second-order valence-corrected chi connectivity index (χ2v) is 5.29. The second-order valence-electron chi connectivity index (χ2n) is 4.37. The van der Waals surface area contributed by atoms with Gasteiger partial charge >= 0.3 is 0 Å². The van der Waals surface area contributed by atoms with E-state index >= 15 is 0 Å². The van der Waals surface area contributed by atoms with Gasteiger partial charge in [-0.3, -0.25) is 4.99 Å². The highest BCUT2D eigenvalue weighted by atomic mass is 127. The SMILES string of the molecule is CN=C(NCc1ccc(Br)cc1)N(C)Cc1ccon1.I. The maximum Gasteiger partial charge on any atom is 0.194 e. The summed E-state index contributed by atoms with van der Waals surface area (Å²) in [5.74, 6) is 0.816. The minimum Gasteiger partial charge on any atom is -0.364 e. The predicted octanol–water partition coefficient (Wildman–Crippen LogP) is 3.26. The van der Waals surface area contributed by atoms with Gasteiger partial charge in [-0.15, -0.1) is 24.0 Å². The molecule has 5 nitrogen and oxygen atoms in total. The van der Waals surface area contributed by atoms with Crippen LogP contribution in [0.2, 0.25) is 0 Å². The molecule has 1 aromatic heterocycles. The largest absolute Gasteiger partial charge is 0.364 e. The fourth-order valence-electron chi connectivity index (χ4n) is 1.81. The molecule has 114 valence electrons. The number of rotatable bonds is 4. The number of nitrogens with zero attached hydrogens (tertiary/aromatic N) is 3. The zero-order chi connectivity index (χ0) is 14.4. The molecule has 0 saturated carbocycles. The third kappa shape index (κ3) is 5.66. The first kappa shape index (κ1) is 18.0. The molecule has 0 unspecified atom stereocenters. The van der Waals surface area contributed by atoms with E-state index in [9.17, 15) is 0 Å².